The average molecular weight is 291 g/mol. The number of hydrogen-bond acceptors (Lipinski definition) is 3. The van der Waals surface area contributed by atoms with Crippen LogP contribution in [-0.4, -0.2) is 29.1 Å². The predicted molar refractivity (Wildman–Crippen MR) is 79.9 cm³/mol. The maximum atomic E-state index is 11.8. The van der Waals surface area contributed by atoms with Crippen molar-refractivity contribution in [1.82, 2.24) is 10.6 Å². The van der Waals surface area contributed by atoms with Crippen molar-refractivity contribution in [3.05, 3.63) is 29.8 Å². The summed E-state index contributed by atoms with van der Waals surface area (Å²) in [6, 6.07) is 6.15. The number of hydrogen-bond donors (Lipinski definition) is 4. The van der Waals surface area contributed by atoms with Crippen LogP contribution in [0.4, 0.5) is 10.5 Å². The summed E-state index contributed by atoms with van der Waals surface area (Å²) in [5.41, 5.74) is 1.38. The first-order valence-electron chi connectivity index (χ1n) is 7.11. The molecule has 2 rings (SSSR count). The zero-order valence-corrected chi connectivity index (χ0v) is 12.2. The summed E-state index contributed by atoms with van der Waals surface area (Å²) in [6.07, 6.45) is 1.49. The molecule has 0 bridgehead atoms. The van der Waals surface area contributed by atoms with E-state index in [1.54, 1.807) is 38.1 Å². The van der Waals surface area contributed by atoms with Gasteiger partial charge in [-0.2, -0.15) is 0 Å². The Morgan fingerprint density at radius 1 is 1.19 bits per heavy atom. The van der Waals surface area contributed by atoms with Gasteiger partial charge in [0.1, 0.15) is 6.04 Å². The highest BCUT2D eigenvalue weighted by atomic mass is 16.3. The maximum absolute atomic E-state index is 11.8. The minimum Gasteiger partial charge on any atom is -0.389 e. The van der Waals surface area contributed by atoms with Crippen LogP contribution >= 0.6 is 0 Å². The number of amides is 3. The fourth-order valence-corrected chi connectivity index (χ4v) is 1.83. The summed E-state index contributed by atoms with van der Waals surface area (Å²) in [5, 5.41) is 17.5. The highest BCUT2D eigenvalue weighted by molar-refractivity contribution is 5.93. The van der Waals surface area contributed by atoms with Crippen LogP contribution in [0.2, 0.25) is 0 Å². The highest BCUT2D eigenvalue weighted by Crippen LogP contribution is 2.18. The Bertz CT molecular complexity index is 509. The van der Waals surface area contributed by atoms with E-state index in [0.717, 1.165) is 18.4 Å². The smallest absolute Gasteiger partial charge is 0.319 e. The van der Waals surface area contributed by atoms with Crippen molar-refractivity contribution in [1.29, 1.82) is 0 Å². The molecule has 1 aromatic carbocycles. The van der Waals surface area contributed by atoms with E-state index in [1.807, 2.05) is 0 Å². The Morgan fingerprint density at radius 3 is 2.33 bits per heavy atom. The number of aliphatic hydroxyl groups excluding tert-OH is 1. The van der Waals surface area contributed by atoms with Crippen LogP contribution in [-0.2, 0) is 4.79 Å². The molecule has 0 heterocycles. The number of aliphatic hydroxyl groups is 1. The minimum absolute atomic E-state index is 0.169. The quantitative estimate of drug-likeness (QED) is 0.663. The molecule has 114 valence electrons. The summed E-state index contributed by atoms with van der Waals surface area (Å²) < 4.78 is 0. The number of urea groups is 1. The van der Waals surface area contributed by atoms with E-state index >= 15 is 0 Å². The van der Waals surface area contributed by atoms with Crippen LogP contribution in [0.15, 0.2) is 24.3 Å². The Morgan fingerprint density at radius 2 is 1.81 bits per heavy atom. The molecule has 3 amide bonds. The molecule has 6 nitrogen and oxygen atoms in total. The predicted octanol–water partition coefficient (Wildman–Crippen LogP) is 1.53. The van der Waals surface area contributed by atoms with Crippen molar-refractivity contribution in [3.8, 4) is 0 Å². The number of nitrogens with one attached hydrogen (secondary N) is 3. The van der Waals surface area contributed by atoms with Gasteiger partial charge in [0.25, 0.3) is 0 Å². The summed E-state index contributed by atoms with van der Waals surface area (Å²) >= 11 is 0. The van der Waals surface area contributed by atoms with Crippen LogP contribution in [0.3, 0.4) is 0 Å². The molecule has 6 heteroatoms. The third-order valence-electron chi connectivity index (χ3n) is 3.32. The van der Waals surface area contributed by atoms with Crippen LogP contribution in [0, 0.1) is 0 Å². The van der Waals surface area contributed by atoms with Crippen molar-refractivity contribution >= 4 is 17.6 Å². The number of carbonyl (C=O) groups is 2. The fraction of sp³-hybridized carbons (Fsp3) is 0.467. The molecule has 0 spiro atoms. The van der Waals surface area contributed by atoms with Gasteiger partial charge < -0.3 is 21.1 Å². The molecular formula is C15H21N3O3. The largest absolute Gasteiger partial charge is 0.389 e. The van der Waals surface area contributed by atoms with Gasteiger partial charge in [-0.25, -0.2) is 4.79 Å². The molecule has 1 aromatic rings. The fourth-order valence-electron chi connectivity index (χ4n) is 1.83. The van der Waals surface area contributed by atoms with E-state index in [-0.39, 0.29) is 11.9 Å². The molecule has 2 unspecified atom stereocenters. The third-order valence-corrected chi connectivity index (χ3v) is 3.32. The summed E-state index contributed by atoms with van der Waals surface area (Å²) in [6.45, 7) is 3.32. The van der Waals surface area contributed by atoms with E-state index in [1.165, 1.54) is 0 Å². The van der Waals surface area contributed by atoms with Gasteiger partial charge in [-0.15, -0.1) is 0 Å². The number of benzene rings is 1. The Hall–Kier alpha value is -2.08. The third kappa shape index (κ3) is 4.75. The van der Waals surface area contributed by atoms with E-state index in [9.17, 15) is 14.7 Å². The second-order valence-electron chi connectivity index (χ2n) is 5.40. The average Bonchev–Trinajstić information content (AvgIpc) is 3.23. The molecule has 21 heavy (non-hydrogen) atoms. The van der Waals surface area contributed by atoms with Crippen LogP contribution in [0.25, 0.3) is 0 Å². The van der Waals surface area contributed by atoms with E-state index < -0.39 is 18.2 Å². The van der Waals surface area contributed by atoms with Gasteiger partial charge >= 0.3 is 6.03 Å². The van der Waals surface area contributed by atoms with E-state index in [4.69, 9.17) is 0 Å². The molecular weight excluding hydrogens is 270 g/mol. The lowest BCUT2D eigenvalue weighted by molar-refractivity contribution is -0.122. The number of carbonyl (C=O) groups excluding carboxylic acids is 2. The Balaban J connectivity index is 1.81. The lowest BCUT2D eigenvalue weighted by atomic mass is 10.1. The van der Waals surface area contributed by atoms with E-state index in [2.05, 4.69) is 16.0 Å². The van der Waals surface area contributed by atoms with Gasteiger partial charge in [-0.05, 0) is 44.4 Å². The SMILES string of the molecule is CC(NC(=O)Nc1ccc(C(C)O)cc1)C(=O)NC1CC1. The van der Waals surface area contributed by atoms with Gasteiger partial charge in [0.15, 0.2) is 0 Å². The summed E-state index contributed by atoms with van der Waals surface area (Å²) in [7, 11) is 0. The lowest BCUT2D eigenvalue weighted by Gasteiger charge is -2.14. The van der Waals surface area contributed by atoms with Gasteiger partial charge in [-0.3, -0.25) is 4.79 Å². The molecule has 4 N–H and O–H groups in total. The van der Waals surface area contributed by atoms with Gasteiger partial charge in [0.05, 0.1) is 6.10 Å². The van der Waals surface area contributed by atoms with Crippen molar-refractivity contribution in [2.75, 3.05) is 5.32 Å². The van der Waals surface area contributed by atoms with Crippen LogP contribution in [0.1, 0.15) is 38.4 Å². The molecule has 1 saturated carbocycles. The Labute approximate surface area is 123 Å². The van der Waals surface area contributed by atoms with E-state index in [0.29, 0.717) is 5.69 Å². The molecule has 0 aliphatic heterocycles. The van der Waals surface area contributed by atoms with Crippen molar-refractivity contribution < 1.29 is 14.7 Å². The standard InChI is InChI=1S/C15H21N3O3/c1-9(14(20)17-12-7-8-12)16-15(21)18-13-5-3-11(4-6-13)10(2)19/h3-6,9-10,12,19H,7-8H2,1-2H3,(H,17,20)(H2,16,18,21). The van der Waals surface area contributed by atoms with Crippen LogP contribution in [0.5, 0.6) is 0 Å². The molecule has 1 aliphatic rings. The first-order chi connectivity index (χ1) is 9.95. The monoisotopic (exact) mass is 291 g/mol. The Kier molecular flexibility index (Phi) is 4.80. The van der Waals surface area contributed by atoms with Crippen molar-refractivity contribution in [2.24, 2.45) is 0 Å². The molecule has 0 radical (unpaired) electrons. The molecule has 2 atom stereocenters. The van der Waals surface area contributed by atoms with Gasteiger partial charge in [-0.1, -0.05) is 12.1 Å². The number of rotatable bonds is 5. The zero-order chi connectivity index (χ0) is 15.4. The molecule has 1 fully saturated rings. The summed E-state index contributed by atoms with van der Waals surface area (Å²) in [4.78, 5) is 23.5. The second-order valence-corrected chi connectivity index (χ2v) is 5.40. The number of anilines is 1. The normalized spacial score (nSPS) is 16.7. The molecule has 0 aromatic heterocycles. The second kappa shape index (κ2) is 6.58. The molecule has 1 aliphatic carbocycles. The van der Waals surface area contributed by atoms with Crippen molar-refractivity contribution in [3.63, 3.8) is 0 Å². The maximum Gasteiger partial charge on any atom is 0.319 e. The summed E-state index contributed by atoms with van der Waals surface area (Å²) in [5.74, 6) is -0.169. The minimum atomic E-state index is -0.581. The highest BCUT2D eigenvalue weighted by Gasteiger charge is 2.26. The zero-order valence-electron chi connectivity index (χ0n) is 12.2. The van der Waals surface area contributed by atoms with Gasteiger partial charge in [0.2, 0.25) is 5.91 Å². The van der Waals surface area contributed by atoms with Crippen molar-refractivity contribution in [2.45, 2.75) is 44.9 Å². The van der Waals surface area contributed by atoms with Crippen LogP contribution < -0.4 is 16.0 Å². The first-order valence-corrected chi connectivity index (χ1v) is 7.11. The topological polar surface area (TPSA) is 90.5 Å². The lowest BCUT2D eigenvalue weighted by Crippen LogP contribution is -2.46. The molecule has 0 saturated heterocycles. The first kappa shape index (κ1) is 15.3. The van der Waals surface area contributed by atoms with Gasteiger partial charge in [0, 0.05) is 11.7 Å².